The lowest BCUT2D eigenvalue weighted by molar-refractivity contribution is 0.442. The van der Waals surface area contributed by atoms with Crippen molar-refractivity contribution in [3.63, 3.8) is 0 Å². The van der Waals surface area contributed by atoms with Crippen molar-refractivity contribution in [3.05, 3.63) is 66.0 Å². The fourth-order valence-corrected chi connectivity index (χ4v) is 1.92. The number of hydrogen-bond donors (Lipinski definition) is 1. The minimum atomic E-state index is -0.391. The lowest BCUT2D eigenvalue weighted by Crippen LogP contribution is -2.41. The van der Waals surface area contributed by atoms with Crippen molar-refractivity contribution in [2.75, 3.05) is 0 Å². The SMILES string of the molecule is C#CC(C)(C)NC(c1ccccc1)c1ccccn1. The van der Waals surface area contributed by atoms with Crippen molar-refractivity contribution in [1.29, 1.82) is 0 Å². The Balaban J connectivity index is 2.38. The van der Waals surface area contributed by atoms with Crippen LogP contribution in [-0.2, 0) is 0 Å². The number of nitrogens with one attached hydrogen (secondary N) is 1. The third-order valence-corrected chi connectivity index (χ3v) is 2.98. The maximum absolute atomic E-state index is 5.58. The zero-order chi connectivity index (χ0) is 13.7. The van der Waals surface area contributed by atoms with Gasteiger partial charge in [0.05, 0.1) is 17.3 Å². The highest BCUT2D eigenvalue weighted by Crippen LogP contribution is 2.22. The lowest BCUT2D eigenvalue weighted by Gasteiger charge is -2.27. The molecule has 0 aliphatic carbocycles. The number of pyridine rings is 1. The molecule has 2 aromatic rings. The van der Waals surface area contributed by atoms with Crippen molar-refractivity contribution in [3.8, 4) is 12.3 Å². The Bertz CT molecular complexity index is 513. The van der Waals surface area contributed by atoms with E-state index in [0.717, 1.165) is 11.3 Å². The van der Waals surface area contributed by atoms with Crippen LogP contribution in [0.5, 0.6) is 0 Å². The van der Waals surface area contributed by atoms with Gasteiger partial charge in [-0.15, -0.1) is 6.42 Å². The summed E-state index contributed by atoms with van der Waals surface area (Å²) in [4.78, 5) is 4.44. The van der Waals surface area contributed by atoms with Crippen molar-refractivity contribution >= 4 is 0 Å². The van der Waals surface area contributed by atoms with Gasteiger partial charge in [-0.25, -0.2) is 0 Å². The van der Waals surface area contributed by atoms with Gasteiger partial charge in [0.15, 0.2) is 0 Å². The molecule has 0 bridgehead atoms. The Morgan fingerprint density at radius 2 is 1.79 bits per heavy atom. The van der Waals surface area contributed by atoms with Crippen LogP contribution in [0.15, 0.2) is 54.7 Å². The van der Waals surface area contributed by atoms with Gasteiger partial charge in [-0.1, -0.05) is 42.3 Å². The molecule has 19 heavy (non-hydrogen) atoms. The van der Waals surface area contributed by atoms with Crippen molar-refractivity contribution in [1.82, 2.24) is 10.3 Å². The van der Waals surface area contributed by atoms with E-state index < -0.39 is 5.54 Å². The summed E-state index contributed by atoms with van der Waals surface area (Å²) >= 11 is 0. The van der Waals surface area contributed by atoms with Crippen LogP contribution in [0.4, 0.5) is 0 Å². The molecular weight excluding hydrogens is 232 g/mol. The quantitative estimate of drug-likeness (QED) is 0.843. The third-order valence-electron chi connectivity index (χ3n) is 2.98. The van der Waals surface area contributed by atoms with E-state index in [1.54, 1.807) is 6.20 Å². The second-order valence-corrected chi connectivity index (χ2v) is 5.01. The van der Waals surface area contributed by atoms with E-state index in [1.165, 1.54) is 0 Å². The van der Waals surface area contributed by atoms with Gasteiger partial charge in [-0.3, -0.25) is 10.3 Å². The van der Waals surface area contributed by atoms with Gasteiger partial charge in [0.2, 0.25) is 0 Å². The monoisotopic (exact) mass is 250 g/mol. The molecule has 2 heteroatoms. The van der Waals surface area contributed by atoms with Crippen LogP contribution in [0.2, 0.25) is 0 Å². The summed E-state index contributed by atoms with van der Waals surface area (Å²) in [5.74, 6) is 2.77. The van der Waals surface area contributed by atoms with Crippen LogP contribution < -0.4 is 5.32 Å². The normalized spacial score (nSPS) is 12.7. The topological polar surface area (TPSA) is 24.9 Å². The fraction of sp³-hybridized carbons (Fsp3) is 0.235. The number of benzene rings is 1. The number of nitrogens with zero attached hydrogens (tertiary/aromatic N) is 1. The smallest absolute Gasteiger partial charge is 0.0762 e. The number of hydrogen-bond acceptors (Lipinski definition) is 2. The first kappa shape index (κ1) is 13.3. The highest BCUT2D eigenvalue weighted by atomic mass is 15.0. The minimum absolute atomic E-state index is 0.00606. The molecule has 96 valence electrons. The van der Waals surface area contributed by atoms with Crippen LogP contribution in [0, 0.1) is 12.3 Å². The zero-order valence-electron chi connectivity index (χ0n) is 11.3. The van der Waals surface area contributed by atoms with Gasteiger partial charge in [-0.05, 0) is 31.5 Å². The molecule has 0 amide bonds. The fourth-order valence-electron chi connectivity index (χ4n) is 1.92. The first-order chi connectivity index (χ1) is 9.12. The van der Waals surface area contributed by atoms with Crippen LogP contribution in [0.3, 0.4) is 0 Å². The second kappa shape index (κ2) is 5.69. The molecule has 0 saturated carbocycles. The summed E-state index contributed by atoms with van der Waals surface area (Å²) in [6.45, 7) is 3.98. The average Bonchev–Trinajstić information content (AvgIpc) is 2.47. The molecule has 0 radical (unpaired) electrons. The van der Waals surface area contributed by atoms with Gasteiger partial charge in [0.25, 0.3) is 0 Å². The Labute approximate surface area is 114 Å². The molecule has 1 N–H and O–H groups in total. The van der Waals surface area contributed by atoms with Gasteiger partial charge in [0, 0.05) is 6.20 Å². The van der Waals surface area contributed by atoms with Gasteiger partial charge in [0.1, 0.15) is 0 Å². The van der Waals surface area contributed by atoms with Crippen molar-refractivity contribution < 1.29 is 0 Å². The zero-order valence-corrected chi connectivity index (χ0v) is 11.3. The van der Waals surface area contributed by atoms with Gasteiger partial charge < -0.3 is 0 Å². The lowest BCUT2D eigenvalue weighted by atomic mass is 9.98. The van der Waals surface area contributed by atoms with E-state index >= 15 is 0 Å². The first-order valence-electron chi connectivity index (χ1n) is 6.34. The minimum Gasteiger partial charge on any atom is -0.289 e. The maximum atomic E-state index is 5.58. The van der Waals surface area contributed by atoms with Crippen molar-refractivity contribution in [2.24, 2.45) is 0 Å². The predicted molar refractivity (Wildman–Crippen MR) is 78.6 cm³/mol. The van der Waals surface area contributed by atoms with E-state index in [1.807, 2.05) is 50.2 Å². The van der Waals surface area contributed by atoms with Gasteiger partial charge >= 0.3 is 0 Å². The highest BCUT2D eigenvalue weighted by molar-refractivity contribution is 5.29. The predicted octanol–water partition coefficient (Wildman–Crippen LogP) is 3.17. The molecule has 1 unspecified atom stereocenters. The molecule has 1 aromatic carbocycles. The number of rotatable bonds is 4. The van der Waals surface area contributed by atoms with Crippen LogP contribution in [0.1, 0.15) is 31.1 Å². The Morgan fingerprint density at radius 1 is 1.11 bits per heavy atom. The first-order valence-corrected chi connectivity index (χ1v) is 6.34. The summed E-state index contributed by atoms with van der Waals surface area (Å²) in [5, 5.41) is 3.48. The van der Waals surface area contributed by atoms with E-state index in [9.17, 15) is 0 Å². The maximum Gasteiger partial charge on any atom is 0.0762 e. The Kier molecular flexibility index (Phi) is 3.99. The van der Waals surface area contributed by atoms with Crippen LogP contribution >= 0.6 is 0 Å². The second-order valence-electron chi connectivity index (χ2n) is 5.01. The average molecular weight is 250 g/mol. The highest BCUT2D eigenvalue weighted by Gasteiger charge is 2.23. The molecular formula is C17H18N2. The Hall–Kier alpha value is -2.11. The van der Waals surface area contributed by atoms with Crippen LogP contribution in [0.25, 0.3) is 0 Å². The summed E-state index contributed by atoms with van der Waals surface area (Å²) < 4.78 is 0. The molecule has 0 aliphatic rings. The molecule has 0 saturated heterocycles. The number of terminal acetylenes is 1. The van der Waals surface area contributed by atoms with Crippen LogP contribution in [-0.4, -0.2) is 10.5 Å². The largest absolute Gasteiger partial charge is 0.289 e. The molecule has 0 spiro atoms. The van der Waals surface area contributed by atoms with Gasteiger partial charge in [-0.2, -0.15) is 0 Å². The van der Waals surface area contributed by atoms with E-state index in [4.69, 9.17) is 6.42 Å². The third kappa shape index (κ3) is 3.43. The van der Waals surface area contributed by atoms with Crippen molar-refractivity contribution in [2.45, 2.75) is 25.4 Å². The molecule has 0 fully saturated rings. The van der Waals surface area contributed by atoms with E-state index in [2.05, 4.69) is 28.4 Å². The Morgan fingerprint density at radius 3 is 2.37 bits per heavy atom. The summed E-state index contributed by atoms with van der Waals surface area (Å²) in [5.41, 5.74) is 1.74. The summed E-state index contributed by atoms with van der Waals surface area (Å²) in [6.07, 6.45) is 7.38. The molecule has 0 aliphatic heterocycles. The molecule has 1 aromatic heterocycles. The molecule has 1 heterocycles. The molecule has 1 atom stereocenters. The van der Waals surface area contributed by atoms with E-state index in [-0.39, 0.29) is 6.04 Å². The molecule has 2 rings (SSSR count). The van der Waals surface area contributed by atoms with E-state index in [0.29, 0.717) is 0 Å². The summed E-state index contributed by atoms with van der Waals surface area (Å²) in [6, 6.07) is 16.1. The number of aromatic nitrogens is 1. The standard InChI is InChI=1S/C17H18N2/c1-4-17(2,3)19-16(14-10-6-5-7-11-14)15-12-8-9-13-18-15/h1,5-13,16,19H,2-3H3. The molecule has 2 nitrogen and oxygen atoms in total. The summed E-state index contributed by atoms with van der Waals surface area (Å²) in [7, 11) is 0.